The summed E-state index contributed by atoms with van der Waals surface area (Å²) in [4.78, 5) is 24.5. The molecule has 0 radical (unpaired) electrons. The molecule has 0 unspecified atom stereocenters. The lowest BCUT2D eigenvalue weighted by atomic mass is 9.99. The molecular formula is C15H17N3O4. The molecule has 7 nitrogen and oxygen atoms in total. The van der Waals surface area contributed by atoms with E-state index in [1.165, 1.54) is 12.1 Å². The number of carbonyl (C=O) groups excluding carboxylic acids is 1. The molecule has 1 aromatic carbocycles. The van der Waals surface area contributed by atoms with Crippen LogP contribution in [-0.4, -0.2) is 30.6 Å². The Kier molecular flexibility index (Phi) is 4.94. The number of hydrogen-bond donors (Lipinski definition) is 0. The Morgan fingerprint density at radius 2 is 2.36 bits per heavy atom. The van der Waals surface area contributed by atoms with E-state index in [1.54, 1.807) is 12.1 Å². The lowest BCUT2D eigenvalue weighted by Crippen LogP contribution is -2.34. The van der Waals surface area contributed by atoms with Crippen LogP contribution in [-0.2, 0) is 4.74 Å². The third kappa shape index (κ3) is 3.52. The third-order valence-corrected chi connectivity index (χ3v) is 3.67. The van der Waals surface area contributed by atoms with Crippen molar-refractivity contribution in [2.24, 2.45) is 5.92 Å². The number of carbonyl (C=O) groups is 1. The van der Waals surface area contributed by atoms with Crippen molar-refractivity contribution in [1.82, 2.24) is 0 Å². The van der Waals surface area contributed by atoms with Crippen LogP contribution in [0, 0.1) is 27.4 Å². The Labute approximate surface area is 128 Å². The average molecular weight is 303 g/mol. The van der Waals surface area contributed by atoms with E-state index in [-0.39, 0.29) is 17.9 Å². The number of anilines is 1. The average Bonchev–Trinajstić information content (AvgIpc) is 2.52. The summed E-state index contributed by atoms with van der Waals surface area (Å²) in [5.41, 5.74) is 0.490. The third-order valence-electron chi connectivity index (χ3n) is 3.67. The van der Waals surface area contributed by atoms with Crippen molar-refractivity contribution < 1.29 is 14.5 Å². The van der Waals surface area contributed by atoms with Crippen LogP contribution in [0.25, 0.3) is 0 Å². The second kappa shape index (κ2) is 6.89. The summed E-state index contributed by atoms with van der Waals surface area (Å²) < 4.78 is 4.68. The van der Waals surface area contributed by atoms with E-state index in [0.717, 1.165) is 25.9 Å². The van der Waals surface area contributed by atoms with E-state index in [9.17, 15) is 14.9 Å². The maximum atomic E-state index is 11.7. The van der Waals surface area contributed by atoms with Crippen molar-refractivity contribution in [3.8, 4) is 6.07 Å². The Morgan fingerprint density at radius 3 is 3.00 bits per heavy atom. The van der Waals surface area contributed by atoms with E-state index in [0.29, 0.717) is 11.6 Å². The first-order valence-electron chi connectivity index (χ1n) is 7.10. The summed E-state index contributed by atoms with van der Waals surface area (Å²) >= 11 is 0. The highest BCUT2D eigenvalue weighted by molar-refractivity contribution is 5.91. The van der Waals surface area contributed by atoms with Crippen molar-refractivity contribution in [3.63, 3.8) is 0 Å². The molecule has 0 saturated carbocycles. The highest BCUT2D eigenvalue weighted by Gasteiger charge is 2.25. The number of rotatable bonds is 4. The number of hydrogen-bond acceptors (Lipinski definition) is 6. The van der Waals surface area contributed by atoms with Gasteiger partial charge in [0.15, 0.2) is 6.61 Å². The molecule has 116 valence electrons. The molecule has 1 aromatic rings. The zero-order valence-corrected chi connectivity index (χ0v) is 12.3. The van der Waals surface area contributed by atoms with Crippen molar-refractivity contribution in [2.45, 2.75) is 19.8 Å². The van der Waals surface area contributed by atoms with Crippen LogP contribution >= 0.6 is 0 Å². The van der Waals surface area contributed by atoms with Crippen LogP contribution in [0.15, 0.2) is 18.2 Å². The first-order valence-corrected chi connectivity index (χ1v) is 7.10. The van der Waals surface area contributed by atoms with Gasteiger partial charge in [-0.15, -0.1) is 0 Å². The van der Waals surface area contributed by atoms with Gasteiger partial charge in [0.05, 0.1) is 10.5 Å². The van der Waals surface area contributed by atoms with Crippen LogP contribution in [0.4, 0.5) is 11.4 Å². The summed E-state index contributed by atoms with van der Waals surface area (Å²) in [6, 6.07) is 5.99. The molecule has 1 heterocycles. The van der Waals surface area contributed by atoms with Crippen LogP contribution in [0.3, 0.4) is 0 Å². The second-order valence-electron chi connectivity index (χ2n) is 5.39. The fraction of sp³-hybridized carbons (Fsp3) is 0.467. The number of nitrogens with zero attached hydrogens (tertiary/aromatic N) is 3. The fourth-order valence-corrected chi connectivity index (χ4v) is 2.65. The molecular weight excluding hydrogens is 286 g/mol. The minimum Gasteiger partial charge on any atom is -0.447 e. The van der Waals surface area contributed by atoms with Gasteiger partial charge in [-0.2, -0.15) is 5.26 Å². The van der Waals surface area contributed by atoms with Crippen LogP contribution < -0.4 is 4.90 Å². The van der Waals surface area contributed by atoms with Crippen LogP contribution in [0.2, 0.25) is 0 Å². The van der Waals surface area contributed by atoms with E-state index < -0.39 is 10.9 Å². The van der Waals surface area contributed by atoms with Gasteiger partial charge in [-0.3, -0.25) is 10.1 Å². The fourth-order valence-electron chi connectivity index (χ4n) is 2.65. The largest absolute Gasteiger partial charge is 0.447 e. The van der Waals surface area contributed by atoms with Crippen molar-refractivity contribution in [2.75, 3.05) is 24.6 Å². The number of ether oxygens (including phenoxy) is 1. The maximum absolute atomic E-state index is 11.7. The van der Waals surface area contributed by atoms with Crippen molar-refractivity contribution in [3.05, 3.63) is 33.9 Å². The van der Waals surface area contributed by atoms with E-state index >= 15 is 0 Å². The predicted molar refractivity (Wildman–Crippen MR) is 79.6 cm³/mol. The van der Waals surface area contributed by atoms with E-state index in [2.05, 4.69) is 11.7 Å². The molecule has 0 N–H and O–H groups in total. The van der Waals surface area contributed by atoms with Gasteiger partial charge in [0.1, 0.15) is 11.8 Å². The zero-order chi connectivity index (χ0) is 16.1. The van der Waals surface area contributed by atoms with Gasteiger partial charge in [-0.05, 0) is 30.9 Å². The lowest BCUT2D eigenvalue weighted by Gasteiger charge is -2.32. The molecule has 0 amide bonds. The zero-order valence-electron chi connectivity index (χ0n) is 12.3. The summed E-state index contributed by atoms with van der Waals surface area (Å²) in [5, 5.41) is 19.7. The highest BCUT2D eigenvalue weighted by Crippen LogP contribution is 2.32. The molecule has 22 heavy (non-hydrogen) atoms. The molecule has 1 aliphatic heterocycles. The van der Waals surface area contributed by atoms with Gasteiger partial charge in [0.2, 0.25) is 0 Å². The highest BCUT2D eigenvalue weighted by atomic mass is 16.6. The summed E-state index contributed by atoms with van der Waals surface area (Å²) in [5.74, 6) is -0.253. The van der Waals surface area contributed by atoms with Gasteiger partial charge in [-0.25, -0.2) is 4.79 Å². The predicted octanol–water partition coefficient (Wildman–Crippen LogP) is 2.51. The molecule has 1 atom stereocenters. The molecule has 7 heteroatoms. The minimum absolute atomic E-state index is 0.0794. The van der Waals surface area contributed by atoms with Gasteiger partial charge < -0.3 is 9.64 Å². The minimum atomic E-state index is -0.733. The summed E-state index contributed by atoms with van der Waals surface area (Å²) in [6.45, 7) is 3.27. The second-order valence-corrected chi connectivity index (χ2v) is 5.39. The number of nitro benzene ring substituents is 1. The van der Waals surface area contributed by atoms with Gasteiger partial charge in [0.25, 0.3) is 5.69 Å². The first kappa shape index (κ1) is 15.8. The van der Waals surface area contributed by atoms with E-state index in [4.69, 9.17) is 5.26 Å². The Bertz CT molecular complexity index is 624. The van der Waals surface area contributed by atoms with Crippen LogP contribution in [0.5, 0.6) is 0 Å². The normalized spacial score (nSPS) is 17.6. The number of piperidine rings is 1. The number of esters is 1. The number of benzene rings is 1. The molecule has 0 bridgehead atoms. The van der Waals surface area contributed by atoms with Crippen molar-refractivity contribution in [1.29, 1.82) is 5.26 Å². The standard InChI is InChI=1S/C15H17N3O4/c1-11-3-2-7-17(10-11)13-5-4-12(9-14(13)18(20)21)15(19)22-8-6-16/h4-5,9,11H,2-3,7-8,10H2,1H3/t11-/m0/s1. The smallest absolute Gasteiger partial charge is 0.339 e. The Hall–Kier alpha value is -2.62. The van der Waals surface area contributed by atoms with Crippen LogP contribution in [0.1, 0.15) is 30.1 Å². The maximum Gasteiger partial charge on any atom is 0.339 e. The summed E-state index contributed by atoms with van der Waals surface area (Å²) in [6.07, 6.45) is 2.10. The van der Waals surface area contributed by atoms with Gasteiger partial charge in [-0.1, -0.05) is 6.92 Å². The SMILES string of the molecule is C[C@H]1CCCN(c2ccc(C(=O)OCC#N)cc2[N+](=O)[O-])C1. The Morgan fingerprint density at radius 1 is 1.59 bits per heavy atom. The topological polar surface area (TPSA) is 96.5 Å². The summed E-state index contributed by atoms with van der Waals surface area (Å²) in [7, 11) is 0. The van der Waals surface area contributed by atoms with Crippen molar-refractivity contribution >= 4 is 17.3 Å². The number of nitro groups is 1. The monoisotopic (exact) mass is 303 g/mol. The first-order chi connectivity index (χ1) is 10.5. The Balaban J connectivity index is 2.29. The number of nitriles is 1. The quantitative estimate of drug-likeness (QED) is 0.481. The molecule has 0 spiro atoms. The molecule has 1 saturated heterocycles. The molecule has 1 aliphatic rings. The molecule has 2 rings (SSSR count). The molecule has 0 aliphatic carbocycles. The molecule has 1 fully saturated rings. The molecule has 0 aromatic heterocycles. The van der Waals surface area contributed by atoms with Gasteiger partial charge >= 0.3 is 5.97 Å². The van der Waals surface area contributed by atoms with E-state index in [1.807, 2.05) is 4.90 Å². The lowest BCUT2D eigenvalue weighted by molar-refractivity contribution is -0.384. The van der Waals surface area contributed by atoms with Gasteiger partial charge in [0, 0.05) is 19.2 Å².